The maximum absolute atomic E-state index is 12.4. The molecular formula is C14H15N3O3. The van der Waals surface area contributed by atoms with Crippen molar-refractivity contribution in [3.63, 3.8) is 0 Å². The molecule has 0 atom stereocenters. The zero-order valence-electron chi connectivity index (χ0n) is 11.1. The zero-order valence-corrected chi connectivity index (χ0v) is 11.1. The predicted octanol–water partition coefficient (Wildman–Crippen LogP) is 0.917. The molecule has 104 valence electrons. The lowest BCUT2D eigenvalue weighted by Gasteiger charge is -2.37. The van der Waals surface area contributed by atoms with Crippen LogP contribution in [0.4, 0.5) is 0 Å². The minimum absolute atomic E-state index is 0.0519. The number of aromatic nitrogens is 1. The Labute approximate surface area is 115 Å². The van der Waals surface area contributed by atoms with E-state index in [0.29, 0.717) is 18.7 Å². The molecule has 0 unspecified atom stereocenters. The highest BCUT2D eigenvalue weighted by molar-refractivity contribution is 6.07. The molecule has 2 N–H and O–H groups in total. The van der Waals surface area contributed by atoms with E-state index in [-0.39, 0.29) is 17.7 Å². The number of hydrogen-bond donors (Lipinski definition) is 2. The van der Waals surface area contributed by atoms with E-state index in [1.54, 1.807) is 11.1 Å². The fraction of sp³-hybridized carbons (Fsp3) is 0.286. The van der Waals surface area contributed by atoms with Gasteiger partial charge in [-0.2, -0.15) is 0 Å². The van der Waals surface area contributed by atoms with Gasteiger partial charge < -0.3 is 9.88 Å². The summed E-state index contributed by atoms with van der Waals surface area (Å²) < 4.78 is 0. The number of nitrogens with one attached hydrogen (secondary N) is 2. The Kier molecular flexibility index (Phi) is 3.15. The van der Waals surface area contributed by atoms with Gasteiger partial charge in [0.25, 0.3) is 5.91 Å². The maximum Gasteiger partial charge on any atom is 0.256 e. The van der Waals surface area contributed by atoms with Crippen LogP contribution in [0.15, 0.2) is 30.5 Å². The number of nitrogens with zero attached hydrogens (tertiary/aromatic N) is 1. The van der Waals surface area contributed by atoms with Crippen LogP contribution in [0.25, 0.3) is 10.9 Å². The fourth-order valence-electron chi connectivity index (χ4n) is 2.41. The molecule has 6 nitrogen and oxygen atoms in total. The van der Waals surface area contributed by atoms with Crippen molar-refractivity contribution in [2.24, 2.45) is 5.92 Å². The average molecular weight is 273 g/mol. The molecule has 1 aromatic heterocycles. The summed E-state index contributed by atoms with van der Waals surface area (Å²) in [5.41, 5.74) is 3.87. The second-order valence-corrected chi connectivity index (χ2v) is 4.83. The molecule has 1 saturated heterocycles. The Morgan fingerprint density at radius 2 is 2.10 bits per heavy atom. The van der Waals surface area contributed by atoms with E-state index in [9.17, 15) is 9.59 Å². The van der Waals surface area contributed by atoms with Crippen molar-refractivity contribution in [3.8, 4) is 0 Å². The third-order valence-corrected chi connectivity index (χ3v) is 3.56. The highest BCUT2D eigenvalue weighted by Gasteiger charge is 2.36. The second kappa shape index (κ2) is 4.97. The fourth-order valence-corrected chi connectivity index (χ4v) is 2.41. The highest BCUT2D eigenvalue weighted by atomic mass is 16.6. The minimum Gasteiger partial charge on any atom is -0.360 e. The molecule has 0 bridgehead atoms. The second-order valence-electron chi connectivity index (χ2n) is 4.83. The van der Waals surface area contributed by atoms with E-state index >= 15 is 0 Å². The van der Waals surface area contributed by atoms with Crippen molar-refractivity contribution < 1.29 is 14.4 Å². The van der Waals surface area contributed by atoms with Crippen LogP contribution in [-0.4, -0.2) is 41.9 Å². The van der Waals surface area contributed by atoms with Crippen molar-refractivity contribution in [1.82, 2.24) is 15.4 Å². The summed E-state index contributed by atoms with van der Waals surface area (Å²) in [6.07, 6.45) is 1.72. The number of amides is 2. The van der Waals surface area contributed by atoms with Crippen LogP contribution < -0.4 is 5.48 Å². The van der Waals surface area contributed by atoms with Gasteiger partial charge >= 0.3 is 0 Å². The molecule has 20 heavy (non-hydrogen) atoms. The predicted molar refractivity (Wildman–Crippen MR) is 72.8 cm³/mol. The zero-order chi connectivity index (χ0) is 14.1. The first-order valence-electron chi connectivity index (χ1n) is 6.39. The van der Waals surface area contributed by atoms with Crippen LogP contribution in [0.5, 0.6) is 0 Å². The van der Waals surface area contributed by atoms with E-state index < -0.39 is 0 Å². The van der Waals surface area contributed by atoms with Gasteiger partial charge in [0.2, 0.25) is 5.91 Å². The number of hydroxylamine groups is 1. The van der Waals surface area contributed by atoms with Gasteiger partial charge in [0.05, 0.1) is 18.6 Å². The number of carbonyl (C=O) groups is 2. The third-order valence-electron chi connectivity index (χ3n) is 3.56. The van der Waals surface area contributed by atoms with Gasteiger partial charge in [-0.15, -0.1) is 0 Å². The van der Waals surface area contributed by atoms with E-state index in [4.69, 9.17) is 0 Å². The monoisotopic (exact) mass is 273 g/mol. The quantitative estimate of drug-likeness (QED) is 0.817. The normalized spacial score (nSPS) is 15.2. The standard InChI is InChI=1S/C14H15N3O3/c1-20-16-13(18)9-7-17(8-9)14(19)11-6-15-12-5-3-2-4-10(11)12/h2-6,9,15H,7-8H2,1H3,(H,16,18). The Hall–Kier alpha value is -2.34. The molecule has 0 spiro atoms. The summed E-state index contributed by atoms with van der Waals surface area (Å²) in [7, 11) is 1.39. The minimum atomic E-state index is -0.191. The lowest BCUT2D eigenvalue weighted by atomic mass is 9.98. The largest absolute Gasteiger partial charge is 0.360 e. The van der Waals surface area contributed by atoms with E-state index in [1.807, 2.05) is 24.3 Å². The molecule has 1 aliphatic rings. The number of likely N-dealkylation sites (tertiary alicyclic amines) is 1. The van der Waals surface area contributed by atoms with Gasteiger partial charge in [-0.1, -0.05) is 18.2 Å². The lowest BCUT2D eigenvalue weighted by Crippen LogP contribution is -2.55. The first-order valence-corrected chi connectivity index (χ1v) is 6.39. The summed E-state index contributed by atoms with van der Waals surface area (Å²) in [6, 6.07) is 7.66. The van der Waals surface area contributed by atoms with E-state index in [1.165, 1.54) is 7.11 Å². The van der Waals surface area contributed by atoms with Crippen LogP contribution in [0.3, 0.4) is 0 Å². The summed E-state index contributed by atoms with van der Waals surface area (Å²) in [4.78, 5) is 33.2. The molecule has 1 fully saturated rings. The van der Waals surface area contributed by atoms with Crippen molar-refractivity contribution in [1.29, 1.82) is 0 Å². The van der Waals surface area contributed by atoms with Crippen LogP contribution in [0.1, 0.15) is 10.4 Å². The molecule has 2 amide bonds. The summed E-state index contributed by atoms with van der Waals surface area (Å²) in [6.45, 7) is 0.848. The van der Waals surface area contributed by atoms with Crippen LogP contribution in [0, 0.1) is 5.92 Å². The Morgan fingerprint density at radius 1 is 1.35 bits per heavy atom. The van der Waals surface area contributed by atoms with Crippen LogP contribution in [0.2, 0.25) is 0 Å². The molecule has 0 aliphatic carbocycles. The van der Waals surface area contributed by atoms with Gasteiger partial charge in [0, 0.05) is 30.2 Å². The summed E-state index contributed by atoms with van der Waals surface area (Å²) >= 11 is 0. The number of benzene rings is 1. The van der Waals surface area contributed by atoms with Crippen molar-refractivity contribution in [2.45, 2.75) is 0 Å². The first-order chi connectivity index (χ1) is 9.70. The van der Waals surface area contributed by atoms with Crippen LogP contribution >= 0.6 is 0 Å². The number of carbonyl (C=O) groups excluding carboxylic acids is 2. The molecule has 2 aromatic rings. The van der Waals surface area contributed by atoms with Gasteiger partial charge in [0.1, 0.15) is 0 Å². The molecule has 3 rings (SSSR count). The number of fused-ring (bicyclic) bond motifs is 1. The maximum atomic E-state index is 12.4. The molecule has 1 aromatic carbocycles. The number of aromatic amines is 1. The van der Waals surface area contributed by atoms with Crippen molar-refractivity contribution >= 4 is 22.7 Å². The van der Waals surface area contributed by atoms with Gasteiger partial charge in [0.15, 0.2) is 0 Å². The van der Waals surface area contributed by atoms with Gasteiger partial charge in [-0.05, 0) is 6.07 Å². The Balaban J connectivity index is 1.71. The lowest BCUT2D eigenvalue weighted by molar-refractivity contribution is -0.139. The molecule has 2 heterocycles. The average Bonchev–Trinajstić information content (AvgIpc) is 2.81. The number of para-hydroxylation sites is 1. The van der Waals surface area contributed by atoms with Gasteiger partial charge in [-0.3, -0.25) is 14.4 Å². The molecule has 1 aliphatic heterocycles. The topological polar surface area (TPSA) is 74.4 Å². The number of H-pyrrole nitrogens is 1. The third kappa shape index (κ3) is 2.04. The molecule has 0 radical (unpaired) electrons. The Morgan fingerprint density at radius 3 is 2.85 bits per heavy atom. The summed E-state index contributed by atoms with van der Waals surface area (Å²) in [5, 5.41) is 0.905. The van der Waals surface area contributed by atoms with Crippen molar-refractivity contribution in [2.75, 3.05) is 20.2 Å². The highest BCUT2D eigenvalue weighted by Crippen LogP contribution is 2.23. The van der Waals surface area contributed by atoms with Crippen molar-refractivity contribution in [3.05, 3.63) is 36.0 Å². The summed E-state index contributed by atoms with van der Waals surface area (Å²) in [5.74, 6) is -0.427. The SMILES string of the molecule is CONC(=O)C1CN(C(=O)c2c[nH]c3ccccc23)C1. The van der Waals surface area contributed by atoms with E-state index in [0.717, 1.165) is 10.9 Å². The number of rotatable bonds is 3. The Bertz CT molecular complexity index is 658. The van der Waals surface area contributed by atoms with Crippen LogP contribution in [-0.2, 0) is 9.63 Å². The number of hydrogen-bond acceptors (Lipinski definition) is 3. The molecule has 0 saturated carbocycles. The smallest absolute Gasteiger partial charge is 0.256 e. The first kappa shape index (κ1) is 12.7. The van der Waals surface area contributed by atoms with E-state index in [2.05, 4.69) is 15.3 Å². The molecule has 6 heteroatoms. The van der Waals surface area contributed by atoms with Gasteiger partial charge in [-0.25, -0.2) is 5.48 Å². The molecular weight excluding hydrogens is 258 g/mol.